The molecule has 1 spiro atoms. The maximum absolute atomic E-state index is 11.6. The van der Waals surface area contributed by atoms with Gasteiger partial charge in [0.25, 0.3) is 0 Å². The minimum atomic E-state index is -2.88. The smallest absolute Gasteiger partial charge is 0.148 e. The molecular weight excluding hydrogens is 284 g/mol. The molecule has 124 valence electrons. The van der Waals surface area contributed by atoms with E-state index in [-0.39, 0.29) is 5.54 Å². The summed E-state index contributed by atoms with van der Waals surface area (Å²) in [6.45, 7) is 7.27. The largest absolute Gasteiger partial charge is 0.311 e. The lowest BCUT2D eigenvalue weighted by Crippen LogP contribution is -2.66. The van der Waals surface area contributed by atoms with Gasteiger partial charge in [-0.1, -0.05) is 39.5 Å². The van der Waals surface area contributed by atoms with Gasteiger partial charge in [0.05, 0.1) is 5.75 Å². The van der Waals surface area contributed by atoms with Crippen LogP contribution in [0.3, 0.4) is 0 Å². The molecule has 2 rings (SSSR count). The van der Waals surface area contributed by atoms with E-state index in [4.69, 9.17) is 0 Å². The van der Waals surface area contributed by atoms with E-state index in [0.717, 1.165) is 13.1 Å². The van der Waals surface area contributed by atoms with Gasteiger partial charge in [0.1, 0.15) is 9.84 Å². The van der Waals surface area contributed by atoms with E-state index in [1.807, 2.05) is 0 Å². The molecule has 2 unspecified atom stereocenters. The number of hydrogen-bond acceptors (Lipinski definition) is 4. The van der Waals surface area contributed by atoms with Crippen molar-refractivity contribution in [2.24, 2.45) is 5.92 Å². The average molecular weight is 317 g/mol. The molecule has 21 heavy (non-hydrogen) atoms. The molecule has 1 saturated heterocycles. The van der Waals surface area contributed by atoms with E-state index >= 15 is 0 Å². The Hall–Kier alpha value is -0.130. The van der Waals surface area contributed by atoms with Crippen LogP contribution in [0.1, 0.15) is 52.4 Å². The fraction of sp³-hybridized carbons (Fsp3) is 1.00. The number of nitrogens with one attached hydrogen (secondary N) is 1. The van der Waals surface area contributed by atoms with Crippen molar-refractivity contribution in [3.63, 3.8) is 0 Å². The summed E-state index contributed by atoms with van der Waals surface area (Å²) in [6.07, 6.45) is 8.86. The normalized spacial score (nSPS) is 28.6. The predicted molar refractivity (Wildman–Crippen MR) is 88.3 cm³/mol. The zero-order valence-electron chi connectivity index (χ0n) is 13.9. The Labute approximate surface area is 130 Å². The first-order valence-corrected chi connectivity index (χ1v) is 10.6. The second-order valence-electron chi connectivity index (χ2n) is 7.23. The van der Waals surface area contributed by atoms with Gasteiger partial charge in [-0.2, -0.15) is 0 Å². The molecule has 1 aliphatic heterocycles. The highest BCUT2D eigenvalue weighted by Gasteiger charge is 2.42. The molecule has 0 bridgehead atoms. The molecule has 0 aromatic heterocycles. The SMILES string of the molecule is CCC(C)C1CN(CCS(C)(=O)=O)C2(CCCCC2)CN1. The quantitative estimate of drug-likeness (QED) is 0.843. The fourth-order valence-corrected chi connectivity index (χ4v) is 4.45. The molecular formula is C16H32N2O2S. The molecule has 0 aromatic rings. The van der Waals surface area contributed by atoms with Gasteiger partial charge >= 0.3 is 0 Å². The van der Waals surface area contributed by atoms with E-state index in [9.17, 15) is 8.42 Å². The third-order valence-electron chi connectivity index (χ3n) is 5.63. The summed E-state index contributed by atoms with van der Waals surface area (Å²) in [7, 11) is -2.88. The third-order valence-corrected chi connectivity index (χ3v) is 6.55. The van der Waals surface area contributed by atoms with Crippen molar-refractivity contribution in [1.82, 2.24) is 10.2 Å². The highest BCUT2D eigenvalue weighted by atomic mass is 32.2. The van der Waals surface area contributed by atoms with Crippen molar-refractivity contribution in [1.29, 1.82) is 0 Å². The zero-order valence-corrected chi connectivity index (χ0v) is 14.7. The van der Waals surface area contributed by atoms with E-state index in [0.29, 0.717) is 24.3 Å². The Morgan fingerprint density at radius 2 is 1.95 bits per heavy atom. The highest BCUT2D eigenvalue weighted by molar-refractivity contribution is 7.90. The van der Waals surface area contributed by atoms with E-state index in [2.05, 4.69) is 24.1 Å². The summed E-state index contributed by atoms with van der Waals surface area (Å²) < 4.78 is 23.1. The predicted octanol–water partition coefficient (Wildman–Crippen LogP) is 2.05. The minimum absolute atomic E-state index is 0.215. The molecule has 1 saturated carbocycles. The lowest BCUT2D eigenvalue weighted by molar-refractivity contribution is 0.00513. The lowest BCUT2D eigenvalue weighted by atomic mass is 9.77. The summed E-state index contributed by atoms with van der Waals surface area (Å²) >= 11 is 0. The maximum atomic E-state index is 11.6. The van der Waals surface area contributed by atoms with Crippen molar-refractivity contribution in [3.8, 4) is 0 Å². The lowest BCUT2D eigenvalue weighted by Gasteiger charge is -2.53. The van der Waals surface area contributed by atoms with Crippen molar-refractivity contribution in [3.05, 3.63) is 0 Å². The molecule has 4 nitrogen and oxygen atoms in total. The first-order valence-electron chi connectivity index (χ1n) is 8.52. The van der Waals surface area contributed by atoms with Gasteiger partial charge < -0.3 is 5.32 Å². The van der Waals surface area contributed by atoms with Gasteiger partial charge in [-0.3, -0.25) is 4.90 Å². The summed E-state index contributed by atoms with van der Waals surface area (Å²) in [5.74, 6) is 0.939. The number of piperazine rings is 1. The molecule has 5 heteroatoms. The van der Waals surface area contributed by atoms with Gasteiger partial charge in [-0.15, -0.1) is 0 Å². The maximum Gasteiger partial charge on any atom is 0.148 e. The highest BCUT2D eigenvalue weighted by Crippen LogP contribution is 2.36. The monoisotopic (exact) mass is 316 g/mol. The summed E-state index contributed by atoms with van der Waals surface area (Å²) in [4.78, 5) is 2.51. The molecule has 2 aliphatic rings. The molecule has 0 amide bonds. The van der Waals surface area contributed by atoms with Gasteiger partial charge in [0.15, 0.2) is 0 Å². The van der Waals surface area contributed by atoms with E-state index in [1.165, 1.54) is 44.8 Å². The van der Waals surface area contributed by atoms with Gasteiger partial charge in [-0.05, 0) is 18.8 Å². The standard InChI is InChI=1S/C16H32N2O2S/c1-4-14(2)15-12-18(10-11-21(3,19)20)16(13-17-15)8-6-5-7-9-16/h14-15,17H,4-13H2,1-3H3. The molecule has 1 heterocycles. The van der Waals surface area contributed by atoms with Crippen molar-refractivity contribution >= 4 is 9.84 Å². The van der Waals surface area contributed by atoms with Crippen LogP contribution in [0.2, 0.25) is 0 Å². The first kappa shape index (κ1) is 17.2. The van der Waals surface area contributed by atoms with Crippen LogP contribution in [0.15, 0.2) is 0 Å². The molecule has 1 N–H and O–H groups in total. The van der Waals surface area contributed by atoms with Crippen LogP contribution in [-0.2, 0) is 9.84 Å². The van der Waals surface area contributed by atoms with E-state index < -0.39 is 9.84 Å². The third kappa shape index (κ3) is 4.42. The van der Waals surface area contributed by atoms with Crippen molar-refractivity contribution in [2.75, 3.05) is 31.6 Å². The van der Waals surface area contributed by atoms with Gasteiger partial charge in [0, 0.05) is 37.5 Å². The Morgan fingerprint density at radius 1 is 1.29 bits per heavy atom. The zero-order chi connectivity index (χ0) is 15.5. The Bertz CT molecular complexity index is 430. The van der Waals surface area contributed by atoms with Gasteiger partial charge in [0.2, 0.25) is 0 Å². The Balaban J connectivity index is 2.09. The van der Waals surface area contributed by atoms with Crippen LogP contribution < -0.4 is 5.32 Å². The molecule has 1 aliphatic carbocycles. The van der Waals surface area contributed by atoms with Crippen molar-refractivity contribution < 1.29 is 8.42 Å². The first-order chi connectivity index (χ1) is 9.86. The second-order valence-corrected chi connectivity index (χ2v) is 9.49. The number of sulfone groups is 1. The number of nitrogens with zero attached hydrogens (tertiary/aromatic N) is 1. The Morgan fingerprint density at radius 3 is 2.52 bits per heavy atom. The van der Waals surface area contributed by atoms with Crippen LogP contribution in [-0.4, -0.2) is 56.5 Å². The van der Waals surface area contributed by atoms with Gasteiger partial charge in [-0.25, -0.2) is 8.42 Å². The molecule has 2 atom stereocenters. The van der Waals surface area contributed by atoms with Crippen LogP contribution in [0.25, 0.3) is 0 Å². The van der Waals surface area contributed by atoms with Crippen LogP contribution in [0, 0.1) is 5.92 Å². The molecule has 0 radical (unpaired) electrons. The molecule has 2 fully saturated rings. The summed E-state index contributed by atoms with van der Waals surface area (Å²) in [6, 6.07) is 0.502. The average Bonchev–Trinajstić information content (AvgIpc) is 2.45. The van der Waals surface area contributed by atoms with Crippen molar-refractivity contribution in [2.45, 2.75) is 64.0 Å². The topological polar surface area (TPSA) is 49.4 Å². The fourth-order valence-electron chi connectivity index (χ4n) is 3.90. The molecule has 0 aromatic carbocycles. The van der Waals surface area contributed by atoms with E-state index in [1.54, 1.807) is 0 Å². The summed E-state index contributed by atoms with van der Waals surface area (Å²) in [5, 5.41) is 3.77. The number of hydrogen-bond donors (Lipinski definition) is 1. The minimum Gasteiger partial charge on any atom is -0.311 e. The van der Waals surface area contributed by atoms with Crippen LogP contribution in [0.5, 0.6) is 0 Å². The Kier molecular flexibility index (Phi) is 5.71. The van der Waals surface area contributed by atoms with Crippen LogP contribution in [0.4, 0.5) is 0 Å². The second kappa shape index (κ2) is 6.97. The van der Waals surface area contributed by atoms with Crippen LogP contribution >= 0.6 is 0 Å². The summed E-state index contributed by atoms with van der Waals surface area (Å²) in [5.41, 5.74) is 0.215. The number of rotatable bonds is 5.